The molecule has 23 heteroatoms. The van der Waals surface area contributed by atoms with Crippen LogP contribution in [0, 0.1) is 36.1 Å². The molecule has 0 atom stereocenters. The van der Waals surface area contributed by atoms with Crippen LogP contribution in [0.2, 0.25) is 5.15 Å². The Balaban J connectivity index is 0.000000150. The second kappa shape index (κ2) is 46.0. The average Bonchev–Trinajstić information content (AvgIpc) is 0.802. The molecule has 680 valence electrons. The van der Waals surface area contributed by atoms with Gasteiger partial charge in [0, 0.05) is 134 Å². The number of hydrogen-bond donors (Lipinski definition) is 1. The second-order valence-electron chi connectivity index (χ2n) is 33.7. The second-order valence-corrected chi connectivity index (χ2v) is 34.0. The van der Waals surface area contributed by atoms with Gasteiger partial charge in [-0.1, -0.05) is 185 Å². The lowest BCUT2D eigenvalue weighted by Gasteiger charge is -2.37. The molecule has 2 N–H and O–H groups in total. The van der Waals surface area contributed by atoms with Crippen LogP contribution >= 0.6 is 11.6 Å². The van der Waals surface area contributed by atoms with E-state index in [2.05, 4.69) is 19.9 Å². The molecule has 0 aliphatic heterocycles. The normalized spacial score (nSPS) is 13.4. The number of aromatic nitrogens is 4. The number of benzene rings is 8. The molecule has 4 aromatic heterocycles. The van der Waals surface area contributed by atoms with Crippen molar-refractivity contribution in [3.05, 3.63) is 328 Å². The molecule has 4 saturated carbocycles. The van der Waals surface area contributed by atoms with Gasteiger partial charge >= 0.3 is 0 Å². The maximum atomic E-state index is 15.1. The molecular formula is C109H109ClF5N9O8. The van der Waals surface area contributed by atoms with Crippen LogP contribution in [-0.4, -0.2) is 90.9 Å². The van der Waals surface area contributed by atoms with Crippen LogP contribution in [0.25, 0.3) is 44.5 Å². The number of Topliss-reactive ketones (excluding diaryl/α,β-unsaturated/α-hetero) is 4. The highest BCUT2D eigenvalue weighted by Crippen LogP contribution is 2.40. The molecule has 4 amide bonds. The van der Waals surface area contributed by atoms with Crippen molar-refractivity contribution in [2.24, 2.45) is 0 Å². The van der Waals surface area contributed by atoms with Crippen molar-refractivity contribution >= 4 is 86.9 Å². The number of nitrogens with zero attached hydrogens (tertiary/aromatic N) is 8. The summed E-state index contributed by atoms with van der Waals surface area (Å²) < 4.78 is 73.8. The van der Waals surface area contributed by atoms with E-state index in [9.17, 15) is 42.7 Å². The molecule has 17 nitrogen and oxygen atoms in total. The summed E-state index contributed by atoms with van der Waals surface area (Å²) >= 11 is 6.07. The summed E-state index contributed by atoms with van der Waals surface area (Å²) in [5.74, 6) is -1.97. The summed E-state index contributed by atoms with van der Waals surface area (Å²) in [6.07, 6.45) is 22.5. The van der Waals surface area contributed by atoms with Gasteiger partial charge in [0.15, 0.2) is 23.1 Å². The molecule has 132 heavy (non-hydrogen) atoms. The van der Waals surface area contributed by atoms with E-state index in [4.69, 9.17) is 17.3 Å². The topological polar surface area (TPSA) is 227 Å². The molecule has 4 fully saturated rings. The summed E-state index contributed by atoms with van der Waals surface area (Å²) in [7, 11) is 0. The Morgan fingerprint density at radius 2 is 0.568 bits per heavy atom. The number of nitrogens with two attached hydrogens (primary N) is 1. The number of pyridine rings is 4. The Morgan fingerprint density at radius 3 is 0.833 bits per heavy atom. The van der Waals surface area contributed by atoms with Gasteiger partial charge in [-0.15, -0.1) is 0 Å². The Kier molecular flexibility index (Phi) is 33.5. The minimum absolute atomic E-state index is 0.0113. The van der Waals surface area contributed by atoms with Gasteiger partial charge < -0.3 is 25.3 Å². The molecule has 12 aromatic rings. The first-order chi connectivity index (χ1) is 63.9. The van der Waals surface area contributed by atoms with Gasteiger partial charge in [0.05, 0.1) is 22.7 Å². The van der Waals surface area contributed by atoms with Crippen molar-refractivity contribution in [1.29, 1.82) is 0 Å². The number of carbonyl (C=O) groups is 8. The van der Waals surface area contributed by atoms with Crippen LogP contribution in [0.5, 0.6) is 0 Å². The highest BCUT2D eigenvalue weighted by molar-refractivity contribution is 6.30. The third-order valence-corrected chi connectivity index (χ3v) is 25.6. The number of halogens is 6. The van der Waals surface area contributed by atoms with Crippen LogP contribution in [-0.2, 0) is 44.9 Å². The van der Waals surface area contributed by atoms with Gasteiger partial charge in [-0.3, -0.25) is 43.3 Å². The molecule has 4 aliphatic rings. The standard InChI is InChI=1S/C28H29FN2O2.C27H26ClFN2O2.C27H26F2N2O2.C27H28FN3O2/c1-3-28(33)31(24-7-4-8-24)26-15-13-23(18-25(26)29)21-9-11-22(12-10-21)27(32)16-14-20-6-5-17-30-19(20)2;1-2-26(33)31(22-6-3-7-22)24-14-12-21(17-23(24)29)18-8-10-19(11-9-18)25(32)15-13-20-5-4-16-30-27(20)28;2*1-2-26(33)31(22-6-3-7-22)24-14-12-21(17-23(24)28)18-8-10-19(11-9-18)25(32)15-13-20-5-4-16-30-27(20)29/h5-6,9-13,15,17-18,24H,3-4,7-8,14,16H2,1-2H3;2*4-5,8-12,14,16-17,22H,2-3,6-7,13,15H2,1H3;4-5,8-12,14,16-17,22H,2-3,6-7,13,15H2,1H3,(H2,29,30). The number of ketones is 4. The maximum absolute atomic E-state index is 15.1. The van der Waals surface area contributed by atoms with Gasteiger partial charge in [0.2, 0.25) is 29.6 Å². The van der Waals surface area contributed by atoms with Crippen molar-refractivity contribution in [2.45, 2.75) is 213 Å². The number of hydrogen-bond acceptors (Lipinski definition) is 13. The summed E-state index contributed by atoms with van der Waals surface area (Å²) in [5, 5.41) is 0.419. The summed E-state index contributed by atoms with van der Waals surface area (Å²) in [5.41, 5.74) is 19.7. The largest absolute Gasteiger partial charge is 0.383 e. The predicted octanol–water partition coefficient (Wildman–Crippen LogP) is 24.7. The lowest BCUT2D eigenvalue weighted by atomic mass is 9.90. The quantitative estimate of drug-likeness (QED) is 0.0235. The predicted molar refractivity (Wildman–Crippen MR) is 511 cm³/mol. The van der Waals surface area contributed by atoms with Crippen molar-refractivity contribution in [2.75, 3.05) is 25.3 Å². The van der Waals surface area contributed by atoms with Crippen LogP contribution in [0.15, 0.2) is 243 Å². The molecule has 4 heterocycles. The highest BCUT2D eigenvalue weighted by Gasteiger charge is 2.36. The van der Waals surface area contributed by atoms with Gasteiger partial charge in [-0.2, -0.15) is 4.39 Å². The molecule has 16 rings (SSSR count). The molecule has 0 unspecified atom stereocenters. The van der Waals surface area contributed by atoms with Gasteiger partial charge in [0.1, 0.15) is 34.2 Å². The first kappa shape index (κ1) is 96.2. The smallest absolute Gasteiger partial charge is 0.227 e. The monoisotopic (exact) mass is 1800 g/mol. The molecule has 0 radical (unpaired) electrons. The van der Waals surface area contributed by atoms with Crippen LogP contribution in [0.3, 0.4) is 0 Å². The Hall–Kier alpha value is -13.3. The molecule has 0 saturated heterocycles. The van der Waals surface area contributed by atoms with E-state index in [-0.39, 0.29) is 83.8 Å². The van der Waals surface area contributed by atoms with E-state index in [0.29, 0.717) is 142 Å². The zero-order valence-corrected chi connectivity index (χ0v) is 75.8. The molecule has 8 aromatic carbocycles. The molecular weight excluding hydrogens is 1690 g/mol. The molecule has 4 aliphatic carbocycles. The minimum Gasteiger partial charge on any atom is -0.383 e. The number of rotatable bonds is 32. The lowest BCUT2D eigenvalue weighted by molar-refractivity contribution is -0.120. The average molecular weight is 1800 g/mol. The number of carbonyl (C=O) groups excluding carboxylic acids is 8. The lowest BCUT2D eigenvalue weighted by Crippen LogP contribution is -2.44. The van der Waals surface area contributed by atoms with Crippen LogP contribution < -0.4 is 25.3 Å². The summed E-state index contributed by atoms with van der Waals surface area (Å²) in [6, 6.07) is 63.3. The fourth-order valence-corrected chi connectivity index (χ4v) is 16.8. The van der Waals surface area contributed by atoms with Crippen molar-refractivity contribution in [3.8, 4) is 44.5 Å². The summed E-state index contributed by atoms with van der Waals surface area (Å²) in [4.78, 5) is 122. The van der Waals surface area contributed by atoms with Gasteiger partial charge in [-0.25, -0.2) is 32.5 Å². The number of nitrogen functional groups attached to an aromatic ring is 1. The van der Waals surface area contributed by atoms with E-state index in [1.54, 1.807) is 181 Å². The maximum Gasteiger partial charge on any atom is 0.227 e. The van der Waals surface area contributed by atoms with E-state index >= 15 is 17.6 Å². The SMILES string of the molecule is CCC(=O)N(c1ccc(-c2ccc(C(=O)CCc3cccnc3C)cc2)cc1F)C1CCC1.CCC(=O)N(c1ccc(-c2ccc(C(=O)CCc3cccnc3Cl)cc2)cc1F)C1CCC1.CCC(=O)N(c1ccc(-c2ccc(C(=O)CCc3cccnc3F)cc2)cc1F)C1CCC1.CCC(=O)N(c1ccc(-c2ccc(C(=O)CCc3cccnc3N)cc2)cc1F)C1CCC1. The van der Waals surface area contributed by atoms with E-state index < -0.39 is 29.2 Å². The number of anilines is 5. The number of aryl methyl sites for hydroxylation is 5. The van der Waals surface area contributed by atoms with Gasteiger partial charge in [0.25, 0.3) is 0 Å². The highest BCUT2D eigenvalue weighted by atomic mass is 35.5. The van der Waals surface area contributed by atoms with Crippen LogP contribution in [0.1, 0.15) is 225 Å². The molecule has 0 bridgehead atoms. The Morgan fingerprint density at radius 1 is 0.318 bits per heavy atom. The summed E-state index contributed by atoms with van der Waals surface area (Å²) in [6.45, 7) is 9.14. The van der Waals surface area contributed by atoms with Crippen LogP contribution in [0.4, 0.5) is 50.5 Å². The van der Waals surface area contributed by atoms with E-state index in [1.807, 2.05) is 85.8 Å². The third-order valence-electron chi connectivity index (χ3n) is 25.2. The van der Waals surface area contributed by atoms with Crippen molar-refractivity contribution in [3.63, 3.8) is 0 Å². The zero-order chi connectivity index (χ0) is 93.5. The Bertz CT molecular complexity index is 5370. The van der Waals surface area contributed by atoms with Crippen molar-refractivity contribution in [1.82, 2.24) is 19.9 Å². The van der Waals surface area contributed by atoms with Crippen molar-refractivity contribution < 1.29 is 60.3 Å². The minimum atomic E-state index is -0.553. The fourth-order valence-electron chi connectivity index (χ4n) is 16.5. The zero-order valence-electron chi connectivity index (χ0n) is 75.1. The molecule has 0 spiro atoms. The van der Waals surface area contributed by atoms with E-state index in [0.717, 1.165) is 127 Å². The first-order valence-corrected chi connectivity index (χ1v) is 46.1. The first-order valence-electron chi connectivity index (χ1n) is 45.7. The third kappa shape index (κ3) is 24.1. The Labute approximate surface area is 773 Å². The number of amides is 4. The van der Waals surface area contributed by atoms with E-state index in [1.165, 1.54) is 30.5 Å². The van der Waals surface area contributed by atoms with Gasteiger partial charge in [-0.05, 0) is 244 Å². The fraction of sp³-hybridized carbons (Fsp3) is 0.303.